The first-order valence-electron chi connectivity index (χ1n) is 5.80. The van der Waals surface area contributed by atoms with E-state index < -0.39 is 17.5 Å². The van der Waals surface area contributed by atoms with Crippen molar-refractivity contribution in [2.75, 3.05) is 7.11 Å². The molecule has 1 aromatic rings. The smallest absolute Gasteiger partial charge is 0.417 e. The monoisotopic (exact) mass is 250 g/mol. The van der Waals surface area contributed by atoms with Gasteiger partial charge in [-0.15, -0.1) is 0 Å². The van der Waals surface area contributed by atoms with Gasteiger partial charge in [-0.25, -0.2) is 9.59 Å². The Balaban J connectivity index is 2.49. The number of benzene rings is 1. The second kappa shape index (κ2) is 6.19. The second-order valence-corrected chi connectivity index (χ2v) is 4.63. The largest absolute Gasteiger partial charge is 0.461 e. The predicted molar refractivity (Wildman–Crippen MR) is 67.0 cm³/mol. The molecule has 0 N–H and O–H groups in total. The Morgan fingerprint density at radius 3 is 2.28 bits per heavy atom. The Hall–Kier alpha value is -1.84. The van der Waals surface area contributed by atoms with Gasteiger partial charge in [-0.3, -0.25) is 0 Å². The maximum absolute atomic E-state index is 11.3. The third-order valence-electron chi connectivity index (χ3n) is 2.58. The highest BCUT2D eigenvalue weighted by Crippen LogP contribution is 2.18. The van der Waals surface area contributed by atoms with Gasteiger partial charge in [-0.1, -0.05) is 30.3 Å². The fraction of sp³-hybridized carbons (Fsp3) is 0.429. The molecule has 0 fully saturated rings. The minimum absolute atomic E-state index is 0.639. The molecule has 1 rings (SSSR count). The Morgan fingerprint density at radius 2 is 1.72 bits per heavy atom. The van der Waals surface area contributed by atoms with Crippen molar-refractivity contribution >= 4 is 11.9 Å². The molecule has 4 nitrogen and oxygen atoms in total. The van der Waals surface area contributed by atoms with Gasteiger partial charge in [0.1, 0.15) is 5.60 Å². The minimum Gasteiger partial charge on any atom is -0.461 e. The number of esters is 2. The molecular formula is C14H18O4. The SMILES string of the molecule is COC(=O)C(=O)OC(C)(C)CCc1ccccc1. The molecule has 0 saturated carbocycles. The van der Waals surface area contributed by atoms with Crippen LogP contribution in [0.15, 0.2) is 30.3 Å². The van der Waals surface area contributed by atoms with Crippen molar-refractivity contribution in [1.82, 2.24) is 0 Å². The summed E-state index contributed by atoms with van der Waals surface area (Å²) in [5, 5.41) is 0. The van der Waals surface area contributed by atoms with Crippen LogP contribution in [0.25, 0.3) is 0 Å². The average molecular weight is 250 g/mol. The number of ether oxygens (including phenoxy) is 2. The van der Waals surface area contributed by atoms with Crippen LogP contribution in [-0.2, 0) is 25.5 Å². The number of carbonyl (C=O) groups is 2. The third kappa shape index (κ3) is 4.57. The van der Waals surface area contributed by atoms with Crippen molar-refractivity contribution in [3.8, 4) is 0 Å². The molecule has 0 amide bonds. The first-order valence-corrected chi connectivity index (χ1v) is 5.80. The van der Waals surface area contributed by atoms with Crippen molar-refractivity contribution in [3.63, 3.8) is 0 Å². The maximum atomic E-state index is 11.3. The van der Waals surface area contributed by atoms with E-state index in [0.29, 0.717) is 6.42 Å². The molecule has 18 heavy (non-hydrogen) atoms. The maximum Gasteiger partial charge on any atom is 0.417 e. The molecule has 0 aliphatic carbocycles. The summed E-state index contributed by atoms with van der Waals surface area (Å²) in [4.78, 5) is 22.3. The molecule has 0 spiro atoms. The highest BCUT2D eigenvalue weighted by molar-refractivity contribution is 6.29. The molecular weight excluding hydrogens is 232 g/mol. The molecule has 0 radical (unpaired) electrons. The first kappa shape index (κ1) is 14.2. The zero-order valence-electron chi connectivity index (χ0n) is 10.9. The standard InChI is InChI=1S/C14H18O4/c1-14(2,18-13(16)12(15)17-3)10-9-11-7-5-4-6-8-11/h4-8H,9-10H2,1-3H3. The molecule has 0 unspecified atom stereocenters. The minimum atomic E-state index is -0.970. The lowest BCUT2D eigenvalue weighted by Gasteiger charge is -2.24. The van der Waals surface area contributed by atoms with E-state index in [9.17, 15) is 9.59 Å². The van der Waals surface area contributed by atoms with Crippen LogP contribution < -0.4 is 0 Å². The molecule has 1 aromatic carbocycles. The lowest BCUT2D eigenvalue weighted by Crippen LogP contribution is -2.32. The molecule has 98 valence electrons. The van der Waals surface area contributed by atoms with Crippen LogP contribution in [0.5, 0.6) is 0 Å². The van der Waals surface area contributed by atoms with Gasteiger partial charge in [0.2, 0.25) is 0 Å². The summed E-state index contributed by atoms with van der Waals surface area (Å²) < 4.78 is 9.41. The van der Waals surface area contributed by atoms with Gasteiger partial charge in [-0.2, -0.15) is 0 Å². The van der Waals surface area contributed by atoms with Crippen LogP contribution >= 0.6 is 0 Å². The van der Waals surface area contributed by atoms with Gasteiger partial charge in [0.15, 0.2) is 0 Å². The molecule has 0 bridgehead atoms. The van der Waals surface area contributed by atoms with E-state index in [1.807, 2.05) is 30.3 Å². The Bertz CT molecular complexity index is 409. The number of carbonyl (C=O) groups excluding carboxylic acids is 2. The molecule has 4 heteroatoms. The van der Waals surface area contributed by atoms with E-state index in [2.05, 4.69) is 4.74 Å². The van der Waals surface area contributed by atoms with Crippen LogP contribution in [0.4, 0.5) is 0 Å². The number of aryl methyl sites for hydroxylation is 1. The van der Waals surface area contributed by atoms with Gasteiger partial charge >= 0.3 is 11.9 Å². The lowest BCUT2D eigenvalue weighted by atomic mass is 9.98. The number of hydrogen-bond donors (Lipinski definition) is 0. The second-order valence-electron chi connectivity index (χ2n) is 4.63. The van der Waals surface area contributed by atoms with Crippen molar-refractivity contribution in [2.45, 2.75) is 32.3 Å². The molecule has 0 saturated heterocycles. The van der Waals surface area contributed by atoms with Gasteiger partial charge in [0.05, 0.1) is 7.11 Å². The Kier molecular flexibility index (Phi) is 4.89. The quantitative estimate of drug-likeness (QED) is 0.606. The van der Waals surface area contributed by atoms with Crippen molar-refractivity contribution < 1.29 is 19.1 Å². The van der Waals surface area contributed by atoms with E-state index >= 15 is 0 Å². The summed E-state index contributed by atoms with van der Waals surface area (Å²) >= 11 is 0. The summed E-state index contributed by atoms with van der Waals surface area (Å²) in [7, 11) is 1.15. The van der Waals surface area contributed by atoms with E-state index in [0.717, 1.165) is 13.5 Å². The molecule has 0 aliphatic heterocycles. The lowest BCUT2D eigenvalue weighted by molar-refractivity contribution is -0.174. The highest BCUT2D eigenvalue weighted by atomic mass is 16.6. The van der Waals surface area contributed by atoms with Gasteiger partial charge in [0.25, 0.3) is 0 Å². The van der Waals surface area contributed by atoms with Gasteiger partial charge in [-0.05, 0) is 32.3 Å². The van der Waals surface area contributed by atoms with Gasteiger partial charge in [0, 0.05) is 0 Å². The van der Waals surface area contributed by atoms with Gasteiger partial charge < -0.3 is 9.47 Å². The van der Waals surface area contributed by atoms with Crippen LogP contribution in [0.1, 0.15) is 25.8 Å². The highest BCUT2D eigenvalue weighted by Gasteiger charge is 2.27. The summed E-state index contributed by atoms with van der Waals surface area (Å²) in [6, 6.07) is 9.90. The van der Waals surface area contributed by atoms with E-state index in [1.165, 1.54) is 5.56 Å². The summed E-state index contributed by atoms with van der Waals surface area (Å²) in [5.74, 6) is -1.92. The average Bonchev–Trinajstić information content (AvgIpc) is 2.36. The summed E-state index contributed by atoms with van der Waals surface area (Å²) in [5.41, 5.74) is 0.473. The normalized spacial score (nSPS) is 10.8. The van der Waals surface area contributed by atoms with Crippen LogP contribution in [0, 0.1) is 0 Å². The molecule has 0 heterocycles. The van der Waals surface area contributed by atoms with Crippen molar-refractivity contribution in [3.05, 3.63) is 35.9 Å². The first-order chi connectivity index (χ1) is 8.44. The number of hydrogen-bond acceptors (Lipinski definition) is 4. The van der Waals surface area contributed by atoms with Crippen molar-refractivity contribution in [1.29, 1.82) is 0 Å². The topological polar surface area (TPSA) is 52.6 Å². The fourth-order valence-electron chi connectivity index (χ4n) is 1.52. The van der Waals surface area contributed by atoms with Crippen molar-refractivity contribution in [2.24, 2.45) is 0 Å². The predicted octanol–water partition coefficient (Wildman–Crippen LogP) is 2.11. The van der Waals surface area contributed by atoms with E-state index in [-0.39, 0.29) is 0 Å². The van der Waals surface area contributed by atoms with Crippen LogP contribution in [-0.4, -0.2) is 24.6 Å². The number of rotatable bonds is 4. The zero-order valence-corrected chi connectivity index (χ0v) is 10.9. The molecule has 0 aromatic heterocycles. The zero-order chi connectivity index (χ0) is 13.6. The Morgan fingerprint density at radius 1 is 1.11 bits per heavy atom. The van der Waals surface area contributed by atoms with Crippen LogP contribution in [0.3, 0.4) is 0 Å². The molecule has 0 aliphatic rings. The van der Waals surface area contributed by atoms with Crippen LogP contribution in [0.2, 0.25) is 0 Å². The van der Waals surface area contributed by atoms with E-state index in [1.54, 1.807) is 13.8 Å². The Labute approximate surface area is 107 Å². The third-order valence-corrected chi connectivity index (χ3v) is 2.58. The molecule has 0 atom stereocenters. The fourth-order valence-corrected chi connectivity index (χ4v) is 1.52. The summed E-state index contributed by atoms with van der Waals surface area (Å²) in [6.45, 7) is 3.55. The number of methoxy groups -OCH3 is 1. The summed E-state index contributed by atoms with van der Waals surface area (Å²) in [6.07, 6.45) is 1.42. The van der Waals surface area contributed by atoms with E-state index in [4.69, 9.17) is 4.74 Å².